The first-order valence-corrected chi connectivity index (χ1v) is 5.86. The highest BCUT2D eigenvalue weighted by molar-refractivity contribution is 4.94. The number of aliphatic hydroxyl groups is 1. The van der Waals surface area contributed by atoms with Crippen molar-refractivity contribution in [3.8, 4) is 0 Å². The average Bonchev–Trinajstić information content (AvgIpc) is 2.25. The molecule has 0 heterocycles. The van der Waals surface area contributed by atoms with Gasteiger partial charge in [0.05, 0.1) is 12.5 Å². The van der Waals surface area contributed by atoms with Crippen LogP contribution in [0.4, 0.5) is 13.2 Å². The van der Waals surface area contributed by atoms with Crippen molar-refractivity contribution in [1.29, 1.82) is 0 Å². The van der Waals surface area contributed by atoms with Gasteiger partial charge in [-0.1, -0.05) is 13.3 Å². The van der Waals surface area contributed by atoms with E-state index in [0.29, 0.717) is 19.4 Å². The van der Waals surface area contributed by atoms with Gasteiger partial charge in [-0.25, -0.2) is 0 Å². The molecule has 0 bridgehead atoms. The van der Waals surface area contributed by atoms with Crippen molar-refractivity contribution in [1.82, 2.24) is 5.32 Å². The average molecular weight is 239 g/mol. The van der Waals surface area contributed by atoms with Gasteiger partial charge in [0.2, 0.25) is 0 Å². The van der Waals surface area contributed by atoms with Gasteiger partial charge in [0.15, 0.2) is 0 Å². The number of aliphatic hydroxyl groups excluding tert-OH is 1. The molecule has 0 aromatic carbocycles. The van der Waals surface area contributed by atoms with Gasteiger partial charge in [-0.2, -0.15) is 13.2 Å². The summed E-state index contributed by atoms with van der Waals surface area (Å²) >= 11 is 0. The van der Waals surface area contributed by atoms with E-state index < -0.39 is 17.6 Å². The lowest BCUT2D eigenvalue weighted by Gasteiger charge is -2.41. The van der Waals surface area contributed by atoms with Gasteiger partial charge in [-0.15, -0.1) is 0 Å². The fourth-order valence-corrected chi connectivity index (χ4v) is 2.39. The van der Waals surface area contributed by atoms with Gasteiger partial charge in [-0.05, 0) is 32.2 Å². The molecule has 5 heteroatoms. The van der Waals surface area contributed by atoms with Crippen molar-refractivity contribution in [2.75, 3.05) is 13.2 Å². The normalized spacial score (nSPS) is 31.7. The van der Waals surface area contributed by atoms with Crippen LogP contribution in [0.2, 0.25) is 0 Å². The number of hydrogen-bond acceptors (Lipinski definition) is 2. The summed E-state index contributed by atoms with van der Waals surface area (Å²) in [6.45, 7) is 2.41. The van der Waals surface area contributed by atoms with E-state index in [1.165, 1.54) is 0 Å². The summed E-state index contributed by atoms with van der Waals surface area (Å²) in [5.74, 6) is -1.27. The first-order chi connectivity index (χ1) is 7.43. The highest BCUT2D eigenvalue weighted by Crippen LogP contribution is 2.41. The van der Waals surface area contributed by atoms with Crippen molar-refractivity contribution in [2.24, 2.45) is 5.92 Å². The third kappa shape index (κ3) is 3.35. The van der Waals surface area contributed by atoms with Crippen LogP contribution in [0.15, 0.2) is 0 Å². The molecule has 2 nitrogen and oxygen atoms in total. The molecular weight excluding hydrogens is 219 g/mol. The maximum atomic E-state index is 12.6. The maximum absolute atomic E-state index is 12.6. The Kier molecular flexibility index (Phi) is 4.62. The Balaban J connectivity index is 2.64. The van der Waals surface area contributed by atoms with E-state index in [1.54, 1.807) is 0 Å². The summed E-state index contributed by atoms with van der Waals surface area (Å²) in [5, 5.41) is 12.4. The molecular formula is C11H20F3NO. The molecule has 0 amide bonds. The Bertz CT molecular complexity index is 220. The second kappa shape index (κ2) is 5.36. The minimum absolute atomic E-state index is 0.00694. The molecule has 1 fully saturated rings. The van der Waals surface area contributed by atoms with Crippen molar-refractivity contribution >= 4 is 0 Å². The minimum Gasteiger partial charge on any atom is -0.394 e. The van der Waals surface area contributed by atoms with Crippen LogP contribution in [0.5, 0.6) is 0 Å². The molecule has 1 saturated carbocycles. The predicted molar refractivity (Wildman–Crippen MR) is 56.1 cm³/mol. The SMILES string of the molecule is CCCNC1(CO)CCCC(C(F)(F)F)C1. The third-order valence-electron chi connectivity index (χ3n) is 3.36. The van der Waals surface area contributed by atoms with Crippen LogP contribution in [0.1, 0.15) is 39.0 Å². The molecule has 0 aliphatic heterocycles. The van der Waals surface area contributed by atoms with E-state index in [4.69, 9.17) is 0 Å². The number of alkyl halides is 3. The zero-order valence-electron chi connectivity index (χ0n) is 9.61. The van der Waals surface area contributed by atoms with Crippen LogP contribution in [0.3, 0.4) is 0 Å². The standard InChI is InChI=1S/C11H20F3NO/c1-2-6-15-10(8-16)5-3-4-9(7-10)11(12,13)14/h9,15-16H,2-8H2,1H3. The Hall–Kier alpha value is -0.290. The fraction of sp³-hybridized carbons (Fsp3) is 1.00. The monoisotopic (exact) mass is 239 g/mol. The van der Waals surface area contributed by atoms with Gasteiger partial charge >= 0.3 is 6.18 Å². The summed E-state index contributed by atoms with van der Waals surface area (Å²) < 4.78 is 37.9. The molecule has 16 heavy (non-hydrogen) atoms. The first kappa shape index (κ1) is 13.8. The molecule has 0 aromatic heterocycles. The maximum Gasteiger partial charge on any atom is 0.391 e. The van der Waals surface area contributed by atoms with Crippen molar-refractivity contribution < 1.29 is 18.3 Å². The lowest BCUT2D eigenvalue weighted by atomic mass is 9.75. The molecule has 2 atom stereocenters. The number of halogens is 3. The zero-order chi connectivity index (χ0) is 12.2. The van der Waals surface area contributed by atoms with Crippen LogP contribution < -0.4 is 5.32 Å². The molecule has 0 aromatic rings. The molecule has 0 radical (unpaired) electrons. The van der Waals surface area contributed by atoms with Gasteiger partial charge in [0.1, 0.15) is 0 Å². The van der Waals surface area contributed by atoms with Crippen LogP contribution in [-0.2, 0) is 0 Å². The summed E-state index contributed by atoms with van der Waals surface area (Å²) in [6.07, 6.45) is -1.91. The summed E-state index contributed by atoms with van der Waals surface area (Å²) in [5.41, 5.74) is -0.714. The summed E-state index contributed by atoms with van der Waals surface area (Å²) in [4.78, 5) is 0. The fourth-order valence-electron chi connectivity index (χ4n) is 2.39. The van der Waals surface area contributed by atoms with E-state index in [9.17, 15) is 18.3 Å². The van der Waals surface area contributed by atoms with E-state index in [1.807, 2.05) is 6.92 Å². The van der Waals surface area contributed by atoms with E-state index in [2.05, 4.69) is 5.32 Å². The second-order valence-electron chi connectivity index (χ2n) is 4.70. The number of rotatable bonds is 4. The van der Waals surface area contributed by atoms with Gasteiger partial charge in [0, 0.05) is 5.54 Å². The topological polar surface area (TPSA) is 32.3 Å². The van der Waals surface area contributed by atoms with Gasteiger partial charge in [-0.3, -0.25) is 0 Å². The van der Waals surface area contributed by atoms with E-state index in [0.717, 1.165) is 6.42 Å². The lowest BCUT2D eigenvalue weighted by molar-refractivity contribution is -0.189. The quantitative estimate of drug-likeness (QED) is 0.790. The Morgan fingerprint density at radius 3 is 2.62 bits per heavy atom. The molecule has 96 valence electrons. The molecule has 2 N–H and O–H groups in total. The number of nitrogens with one attached hydrogen (secondary N) is 1. The van der Waals surface area contributed by atoms with E-state index >= 15 is 0 Å². The third-order valence-corrected chi connectivity index (χ3v) is 3.36. The smallest absolute Gasteiger partial charge is 0.391 e. The first-order valence-electron chi connectivity index (χ1n) is 5.86. The number of hydrogen-bond donors (Lipinski definition) is 2. The lowest BCUT2D eigenvalue weighted by Crippen LogP contribution is -2.53. The Morgan fingerprint density at radius 1 is 1.44 bits per heavy atom. The molecule has 2 unspecified atom stereocenters. The highest BCUT2D eigenvalue weighted by atomic mass is 19.4. The predicted octanol–water partition coefficient (Wildman–Crippen LogP) is 2.47. The van der Waals surface area contributed by atoms with Crippen molar-refractivity contribution in [3.63, 3.8) is 0 Å². The molecule has 1 rings (SSSR count). The van der Waals surface area contributed by atoms with Crippen LogP contribution in [-0.4, -0.2) is 30.0 Å². The van der Waals surface area contributed by atoms with Crippen molar-refractivity contribution in [3.05, 3.63) is 0 Å². The Morgan fingerprint density at radius 2 is 2.12 bits per heavy atom. The Labute approximate surface area is 94.2 Å². The van der Waals surface area contributed by atoms with Gasteiger partial charge < -0.3 is 10.4 Å². The van der Waals surface area contributed by atoms with Crippen LogP contribution in [0, 0.1) is 5.92 Å². The highest BCUT2D eigenvalue weighted by Gasteiger charge is 2.47. The summed E-state index contributed by atoms with van der Waals surface area (Å²) in [6, 6.07) is 0. The van der Waals surface area contributed by atoms with E-state index in [-0.39, 0.29) is 19.4 Å². The molecule has 0 spiro atoms. The zero-order valence-corrected chi connectivity index (χ0v) is 9.61. The van der Waals surface area contributed by atoms with Gasteiger partial charge in [0.25, 0.3) is 0 Å². The molecule has 1 aliphatic carbocycles. The molecule has 0 saturated heterocycles. The second-order valence-corrected chi connectivity index (χ2v) is 4.70. The molecule has 1 aliphatic rings. The largest absolute Gasteiger partial charge is 0.394 e. The van der Waals surface area contributed by atoms with Crippen LogP contribution >= 0.6 is 0 Å². The van der Waals surface area contributed by atoms with Crippen molar-refractivity contribution in [2.45, 2.75) is 50.7 Å². The van der Waals surface area contributed by atoms with Crippen LogP contribution in [0.25, 0.3) is 0 Å². The summed E-state index contributed by atoms with van der Waals surface area (Å²) in [7, 11) is 0. The minimum atomic E-state index is -4.13.